The molecule has 4 heteroatoms. The topological polar surface area (TPSA) is 59.3 Å². The largest absolute Gasteiger partial charge is 0.351 e. The van der Waals surface area contributed by atoms with E-state index in [2.05, 4.69) is 6.07 Å². The third kappa shape index (κ3) is 1.94. The van der Waals surface area contributed by atoms with Crippen LogP contribution in [0.15, 0.2) is 0 Å². The molecule has 0 N–H and O–H groups in total. The summed E-state index contributed by atoms with van der Waals surface area (Å²) in [5, 5.41) is 9.02. The number of rotatable bonds is 5. The molecule has 1 saturated carbocycles. The van der Waals surface area contributed by atoms with Gasteiger partial charge in [-0.2, -0.15) is 5.26 Å². The first-order chi connectivity index (χ1) is 6.68. The predicted molar refractivity (Wildman–Crippen MR) is 49.3 cm³/mol. The quantitative estimate of drug-likeness (QED) is 0.622. The average Bonchev–Trinajstić information content (AvgIpc) is 2.12. The predicted octanol–water partition coefficient (Wildman–Crippen LogP) is 1.26. The molecule has 1 aliphatic carbocycles. The van der Waals surface area contributed by atoms with Gasteiger partial charge in [0.25, 0.3) is 0 Å². The molecule has 1 fully saturated rings. The van der Waals surface area contributed by atoms with E-state index in [1.54, 1.807) is 0 Å². The lowest BCUT2D eigenvalue weighted by atomic mass is 9.68. The molecule has 0 aromatic carbocycles. The minimum Gasteiger partial charge on any atom is -0.351 e. The van der Waals surface area contributed by atoms with Crippen LogP contribution in [0.2, 0.25) is 0 Å². The van der Waals surface area contributed by atoms with E-state index in [-0.39, 0.29) is 18.6 Å². The van der Waals surface area contributed by atoms with Gasteiger partial charge in [-0.25, -0.2) is 0 Å². The molecule has 78 valence electrons. The van der Waals surface area contributed by atoms with E-state index in [0.717, 1.165) is 0 Å². The average molecular weight is 197 g/mol. The highest BCUT2D eigenvalue weighted by Gasteiger charge is 2.51. The Morgan fingerprint density at radius 2 is 1.93 bits per heavy atom. The number of Topliss-reactive ketones (excluding diaryl/α,β-unsaturated/α-hetero) is 1. The number of carbonyl (C=O) groups is 1. The molecular weight excluding hydrogens is 182 g/mol. The summed E-state index contributed by atoms with van der Waals surface area (Å²) >= 11 is 0. The van der Waals surface area contributed by atoms with E-state index >= 15 is 0 Å². The molecule has 0 aliphatic heterocycles. The van der Waals surface area contributed by atoms with E-state index in [0.29, 0.717) is 13.2 Å². The first kappa shape index (κ1) is 11.2. The Morgan fingerprint density at radius 3 is 2.21 bits per heavy atom. The second-order valence-electron chi connectivity index (χ2n) is 3.40. The van der Waals surface area contributed by atoms with Gasteiger partial charge >= 0.3 is 0 Å². The smallest absolute Gasteiger partial charge is 0.176 e. The van der Waals surface area contributed by atoms with Gasteiger partial charge in [-0.1, -0.05) is 0 Å². The first-order valence-corrected chi connectivity index (χ1v) is 4.84. The van der Waals surface area contributed by atoms with Crippen molar-refractivity contribution in [3.05, 3.63) is 0 Å². The maximum absolute atomic E-state index is 10.9. The fourth-order valence-electron chi connectivity index (χ4n) is 1.62. The molecule has 0 bridgehead atoms. The Morgan fingerprint density at radius 1 is 1.43 bits per heavy atom. The molecule has 0 radical (unpaired) electrons. The number of ether oxygens (including phenoxy) is 2. The van der Waals surface area contributed by atoms with Crippen LogP contribution in [0.1, 0.15) is 26.7 Å². The lowest BCUT2D eigenvalue weighted by Gasteiger charge is -2.39. The number of hydrogen-bond donors (Lipinski definition) is 0. The maximum atomic E-state index is 10.9. The Balaban J connectivity index is 2.65. The van der Waals surface area contributed by atoms with Crippen molar-refractivity contribution in [2.75, 3.05) is 13.2 Å². The summed E-state index contributed by atoms with van der Waals surface area (Å²) in [7, 11) is 0. The van der Waals surface area contributed by atoms with Gasteiger partial charge in [0, 0.05) is 26.1 Å². The molecule has 0 atom stereocenters. The molecule has 1 aliphatic rings. The van der Waals surface area contributed by atoms with Gasteiger partial charge in [0.1, 0.15) is 11.2 Å². The molecule has 0 amide bonds. The summed E-state index contributed by atoms with van der Waals surface area (Å²) in [5.74, 6) is 0.107. The van der Waals surface area contributed by atoms with Crippen molar-refractivity contribution in [1.29, 1.82) is 5.26 Å². The van der Waals surface area contributed by atoms with Crippen LogP contribution in [-0.2, 0) is 14.3 Å². The first-order valence-electron chi connectivity index (χ1n) is 4.84. The molecule has 14 heavy (non-hydrogen) atoms. The molecule has 1 rings (SSSR count). The molecule has 0 unspecified atom stereocenters. The Kier molecular flexibility index (Phi) is 3.62. The zero-order chi connectivity index (χ0) is 10.6. The summed E-state index contributed by atoms with van der Waals surface area (Å²) in [4.78, 5) is 10.9. The summed E-state index contributed by atoms with van der Waals surface area (Å²) < 4.78 is 10.7. The van der Waals surface area contributed by atoms with Crippen LogP contribution in [0.4, 0.5) is 0 Å². The van der Waals surface area contributed by atoms with Crippen LogP contribution in [0, 0.1) is 16.7 Å². The van der Waals surface area contributed by atoms with E-state index in [4.69, 9.17) is 14.7 Å². The van der Waals surface area contributed by atoms with E-state index < -0.39 is 11.7 Å². The van der Waals surface area contributed by atoms with Crippen molar-refractivity contribution in [3.63, 3.8) is 0 Å². The molecule has 4 nitrogen and oxygen atoms in total. The Labute approximate surface area is 83.8 Å². The number of nitriles is 1. The van der Waals surface area contributed by atoms with Gasteiger partial charge in [-0.15, -0.1) is 0 Å². The van der Waals surface area contributed by atoms with Gasteiger partial charge in [0.15, 0.2) is 6.29 Å². The third-order valence-electron chi connectivity index (χ3n) is 2.34. The second kappa shape index (κ2) is 4.54. The zero-order valence-corrected chi connectivity index (χ0v) is 8.58. The summed E-state index contributed by atoms with van der Waals surface area (Å²) in [5.41, 5.74) is -0.733. The highest BCUT2D eigenvalue weighted by atomic mass is 16.7. The standard InChI is InChI=1S/C10H15NO3/c1-3-13-9(14-4-2)10(7-11)5-8(12)6-10/h9H,3-6H2,1-2H3. The van der Waals surface area contributed by atoms with Crippen LogP contribution < -0.4 is 0 Å². The van der Waals surface area contributed by atoms with Crippen LogP contribution in [0.5, 0.6) is 0 Å². The molecule has 0 saturated heterocycles. The second-order valence-corrected chi connectivity index (χ2v) is 3.40. The van der Waals surface area contributed by atoms with Crippen LogP contribution >= 0.6 is 0 Å². The van der Waals surface area contributed by atoms with Gasteiger partial charge in [-0.05, 0) is 13.8 Å². The van der Waals surface area contributed by atoms with Gasteiger partial charge < -0.3 is 9.47 Å². The minimum absolute atomic E-state index is 0.107. The number of hydrogen-bond acceptors (Lipinski definition) is 4. The number of nitrogens with zero attached hydrogens (tertiary/aromatic N) is 1. The summed E-state index contributed by atoms with van der Waals surface area (Å²) in [6.07, 6.45) is -0.0392. The van der Waals surface area contributed by atoms with Gasteiger partial charge in [-0.3, -0.25) is 4.79 Å². The monoisotopic (exact) mass is 197 g/mol. The van der Waals surface area contributed by atoms with Crippen molar-refractivity contribution in [2.24, 2.45) is 5.41 Å². The lowest BCUT2D eigenvalue weighted by molar-refractivity contribution is -0.205. The van der Waals surface area contributed by atoms with E-state index in [1.807, 2.05) is 13.8 Å². The highest BCUT2D eigenvalue weighted by Crippen LogP contribution is 2.42. The third-order valence-corrected chi connectivity index (χ3v) is 2.34. The Hall–Kier alpha value is -0.920. The fourth-order valence-corrected chi connectivity index (χ4v) is 1.62. The van der Waals surface area contributed by atoms with E-state index in [9.17, 15) is 4.79 Å². The van der Waals surface area contributed by atoms with Crippen molar-refractivity contribution < 1.29 is 14.3 Å². The normalized spacial score (nSPS) is 19.1. The van der Waals surface area contributed by atoms with Crippen LogP contribution in [0.3, 0.4) is 0 Å². The van der Waals surface area contributed by atoms with Gasteiger partial charge in [0.2, 0.25) is 0 Å². The number of ketones is 1. The Bertz CT molecular complexity index is 243. The van der Waals surface area contributed by atoms with Gasteiger partial charge in [0.05, 0.1) is 6.07 Å². The van der Waals surface area contributed by atoms with Crippen molar-refractivity contribution in [1.82, 2.24) is 0 Å². The highest BCUT2D eigenvalue weighted by molar-refractivity contribution is 5.87. The fraction of sp³-hybridized carbons (Fsp3) is 0.800. The zero-order valence-electron chi connectivity index (χ0n) is 8.58. The van der Waals surface area contributed by atoms with Crippen molar-refractivity contribution in [3.8, 4) is 6.07 Å². The summed E-state index contributed by atoms with van der Waals surface area (Å²) in [6, 6.07) is 2.14. The lowest BCUT2D eigenvalue weighted by Crippen LogP contribution is -2.48. The van der Waals surface area contributed by atoms with Crippen LogP contribution in [0.25, 0.3) is 0 Å². The molecule has 0 aromatic rings. The van der Waals surface area contributed by atoms with Crippen LogP contribution in [-0.4, -0.2) is 25.3 Å². The van der Waals surface area contributed by atoms with E-state index in [1.165, 1.54) is 0 Å². The van der Waals surface area contributed by atoms with Crippen molar-refractivity contribution >= 4 is 5.78 Å². The molecule has 0 heterocycles. The molecular formula is C10H15NO3. The molecule has 0 spiro atoms. The van der Waals surface area contributed by atoms with Crippen molar-refractivity contribution in [2.45, 2.75) is 33.0 Å². The molecule has 0 aromatic heterocycles. The minimum atomic E-state index is -0.733. The SMILES string of the molecule is CCOC(OCC)C1(C#N)CC(=O)C1. The maximum Gasteiger partial charge on any atom is 0.176 e. The summed E-state index contributed by atoms with van der Waals surface area (Å²) in [6.45, 7) is 4.67. The number of carbonyl (C=O) groups excluding carboxylic acids is 1.